The largest absolute Gasteiger partial charge is 0.312 e. The van der Waals surface area contributed by atoms with Crippen LogP contribution >= 0.6 is 0 Å². The van der Waals surface area contributed by atoms with Crippen LogP contribution in [0.4, 0.5) is 0 Å². The lowest BCUT2D eigenvalue weighted by molar-refractivity contribution is 0.123. The van der Waals surface area contributed by atoms with E-state index in [0.29, 0.717) is 6.04 Å². The van der Waals surface area contributed by atoms with Crippen LogP contribution in [-0.4, -0.2) is 36.6 Å². The Morgan fingerprint density at radius 3 is 2.00 bits per heavy atom. The van der Waals surface area contributed by atoms with Crippen LogP contribution in [0.2, 0.25) is 0 Å². The first kappa shape index (κ1) is 16.3. The van der Waals surface area contributed by atoms with Crippen LogP contribution in [0.25, 0.3) is 0 Å². The molecule has 1 aliphatic heterocycles. The summed E-state index contributed by atoms with van der Waals surface area (Å²) in [5, 5.41) is 3.71. The van der Waals surface area contributed by atoms with Gasteiger partial charge in [-0.2, -0.15) is 0 Å². The second-order valence-electron chi connectivity index (χ2n) is 7.92. The van der Waals surface area contributed by atoms with Crippen molar-refractivity contribution >= 4 is 0 Å². The highest BCUT2D eigenvalue weighted by Gasteiger charge is 2.26. The maximum atomic E-state index is 3.71. The topological polar surface area (TPSA) is 15.3 Å². The Balaban J connectivity index is 1.64. The van der Waals surface area contributed by atoms with Crippen molar-refractivity contribution in [1.29, 1.82) is 0 Å². The van der Waals surface area contributed by atoms with E-state index in [9.17, 15) is 0 Å². The highest BCUT2D eigenvalue weighted by Crippen LogP contribution is 2.29. The van der Waals surface area contributed by atoms with E-state index in [1.807, 2.05) is 0 Å². The third kappa shape index (κ3) is 5.04. The highest BCUT2D eigenvalue weighted by molar-refractivity contribution is 4.82. The second-order valence-corrected chi connectivity index (χ2v) is 7.92. The van der Waals surface area contributed by atoms with Crippen LogP contribution in [0.1, 0.15) is 66.2 Å². The first-order chi connectivity index (χ1) is 9.54. The van der Waals surface area contributed by atoms with Gasteiger partial charge in [0.1, 0.15) is 0 Å². The summed E-state index contributed by atoms with van der Waals surface area (Å²) in [6, 6.07) is 1.43. The Bertz CT molecular complexity index is 259. The van der Waals surface area contributed by atoms with Gasteiger partial charge in [0.15, 0.2) is 0 Å². The van der Waals surface area contributed by atoms with Crippen LogP contribution in [0.5, 0.6) is 0 Å². The lowest BCUT2D eigenvalue weighted by Crippen LogP contribution is -2.42. The molecule has 2 rings (SSSR count). The van der Waals surface area contributed by atoms with Crippen molar-refractivity contribution in [3.05, 3.63) is 0 Å². The quantitative estimate of drug-likeness (QED) is 0.821. The molecule has 0 aromatic carbocycles. The fraction of sp³-hybridized carbons (Fsp3) is 1.00. The van der Waals surface area contributed by atoms with Crippen LogP contribution < -0.4 is 5.32 Å². The summed E-state index contributed by atoms with van der Waals surface area (Å²) in [7, 11) is 0. The van der Waals surface area contributed by atoms with Gasteiger partial charge in [-0.25, -0.2) is 0 Å². The molecule has 20 heavy (non-hydrogen) atoms. The molecule has 2 fully saturated rings. The maximum Gasteiger partial charge on any atom is 0.00696 e. The molecule has 1 N–H and O–H groups in total. The Hall–Kier alpha value is -0.0800. The number of rotatable bonds is 5. The Kier molecular flexibility index (Phi) is 6.35. The standard InChI is InChI=1S/C18H36N2/c1-14(2)17-9-11-20(12-10-17)13-16-5-7-18(8-6-16)19-15(3)4/h14-19H,5-13H2,1-4H3. The number of hydrogen-bond acceptors (Lipinski definition) is 2. The fourth-order valence-electron chi connectivity index (χ4n) is 4.15. The number of likely N-dealkylation sites (tertiary alicyclic amines) is 1. The third-order valence-electron chi connectivity index (χ3n) is 5.51. The van der Waals surface area contributed by atoms with Crippen molar-refractivity contribution in [1.82, 2.24) is 10.2 Å². The van der Waals surface area contributed by atoms with E-state index in [1.54, 1.807) is 0 Å². The molecule has 0 unspecified atom stereocenters. The van der Waals surface area contributed by atoms with Gasteiger partial charge in [-0.1, -0.05) is 27.7 Å². The molecule has 0 atom stereocenters. The summed E-state index contributed by atoms with van der Waals surface area (Å²) >= 11 is 0. The van der Waals surface area contributed by atoms with Crippen molar-refractivity contribution in [3.8, 4) is 0 Å². The molecule has 1 heterocycles. The molecule has 2 aliphatic rings. The van der Waals surface area contributed by atoms with Crippen molar-refractivity contribution in [2.75, 3.05) is 19.6 Å². The Morgan fingerprint density at radius 1 is 0.900 bits per heavy atom. The summed E-state index contributed by atoms with van der Waals surface area (Å²) < 4.78 is 0. The summed E-state index contributed by atoms with van der Waals surface area (Å²) in [6.45, 7) is 13.4. The average Bonchev–Trinajstić information content (AvgIpc) is 2.41. The van der Waals surface area contributed by atoms with Gasteiger partial charge in [-0.15, -0.1) is 0 Å². The number of nitrogens with zero attached hydrogens (tertiary/aromatic N) is 1. The van der Waals surface area contributed by atoms with Crippen molar-refractivity contribution in [2.45, 2.75) is 78.3 Å². The minimum atomic E-state index is 0.645. The number of nitrogens with one attached hydrogen (secondary N) is 1. The summed E-state index contributed by atoms with van der Waals surface area (Å²) in [4.78, 5) is 2.75. The molecule has 2 heteroatoms. The number of hydrogen-bond donors (Lipinski definition) is 1. The second kappa shape index (κ2) is 7.79. The first-order valence-electron chi connectivity index (χ1n) is 9.03. The van der Waals surface area contributed by atoms with E-state index >= 15 is 0 Å². The van der Waals surface area contributed by atoms with Crippen LogP contribution in [-0.2, 0) is 0 Å². The smallest absolute Gasteiger partial charge is 0.00696 e. The molecule has 0 aromatic rings. The molecule has 0 amide bonds. The fourth-order valence-corrected chi connectivity index (χ4v) is 4.15. The monoisotopic (exact) mass is 280 g/mol. The van der Waals surface area contributed by atoms with Crippen LogP contribution in [0.3, 0.4) is 0 Å². The SMILES string of the molecule is CC(C)NC1CCC(CN2CCC(C(C)C)CC2)CC1. The lowest BCUT2D eigenvalue weighted by atomic mass is 9.83. The van der Waals surface area contributed by atoms with E-state index in [4.69, 9.17) is 0 Å². The maximum absolute atomic E-state index is 3.71. The van der Waals surface area contributed by atoms with Gasteiger partial charge < -0.3 is 10.2 Å². The first-order valence-corrected chi connectivity index (χ1v) is 9.03. The predicted octanol–water partition coefficient (Wildman–Crippen LogP) is 3.91. The predicted molar refractivity (Wildman–Crippen MR) is 88.0 cm³/mol. The Morgan fingerprint density at radius 2 is 1.50 bits per heavy atom. The van der Waals surface area contributed by atoms with Crippen LogP contribution in [0.15, 0.2) is 0 Å². The molecule has 0 radical (unpaired) electrons. The van der Waals surface area contributed by atoms with Crippen LogP contribution in [0, 0.1) is 17.8 Å². The van der Waals surface area contributed by atoms with Crippen molar-refractivity contribution in [3.63, 3.8) is 0 Å². The van der Waals surface area contributed by atoms with Gasteiger partial charge in [0.2, 0.25) is 0 Å². The molecule has 0 aromatic heterocycles. The van der Waals surface area contributed by atoms with Gasteiger partial charge >= 0.3 is 0 Å². The molecule has 1 saturated heterocycles. The third-order valence-corrected chi connectivity index (χ3v) is 5.51. The summed E-state index contributed by atoms with van der Waals surface area (Å²) in [5.74, 6) is 2.84. The molecular weight excluding hydrogens is 244 g/mol. The van der Waals surface area contributed by atoms with Crippen molar-refractivity contribution in [2.24, 2.45) is 17.8 Å². The molecule has 118 valence electrons. The average molecular weight is 280 g/mol. The Labute approximate surface area is 126 Å². The lowest BCUT2D eigenvalue weighted by Gasteiger charge is -2.38. The molecular formula is C18H36N2. The number of piperidine rings is 1. The van der Waals surface area contributed by atoms with E-state index < -0.39 is 0 Å². The highest BCUT2D eigenvalue weighted by atomic mass is 15.1. The van der Waals surface area contributed by atoms with E-state index in [2.05, 4.69) is 37.9 Å². The van der Waals surface area contributed by atoms with E-state index in [1.165, 1.54) is 58.2 Å². The molecule has 1 saturated carbocycles. The minimum absolute atomic E-state index is 0.645. The molecule has 0 spiro atoms. The van der Waals surface area contributed by atoms with E-state index in [0.717, 1.165) is 23.8 Å². The van der Waals surface area contributed by atoms with Gasteiger partial charge in [-0.05, 0) is 69.4 Å². The molecule has 1 aliphatic carbocycles. The molecule has 2 nitrogen and oxygen atoms in total. The minimum Gasteiger partial charge on any atom is -0.312 e. The normalized spacial score (nSPS) is 30.3. The van der Waals surface area contributed by atoms with Gasteiger partial charge in [0.25, 0.3) is 0 Å². The zero-order valence-corrected chi connectivity index (χ0v) is 14.2. The van der Waals surface area contributed by atoms with Gasteiger partial charge in [0, 0.05) is 18.6 Å². The zero-order valence-electron chi connectivity index (χ0n) is 14.2. The summed E-state index contributed by atoms with van der Waals surface area (Å²) in [6.07, 6.45) is 8.53. The van der Waals surface area contributed by atoms with Gasteiger partial charge in [-0.3, -0.25) is 0 Å². The zero-order chi connectivity index (χ0) is 14.5. The van der Waals surface area contributed by atoms with Crippen molar-refractivity contribution < 1.29 is 0 Å². The van der Waals surface area contributed by atoms with Gasteiger partial charge in [0.05, 0.1) is 0 Å². The molecule has 0 bridgehead atoms. The summed E-state index contributed by atoms with van der Waals surface area (Å²) in [5.41, 5.74) is 0. The van der Waals surface area contributed by atoms with E-state index in [-0.39, 0.29) is 0 Å².